The van der Waals surface area contributed by atoms with Gasteiger partial charge in [-0.1, -0.05) is 6.07 Å². The fourth-order valence-corrected chi connectivity index (χ4v) is 4.50. The Morgan fingerprint density at radius 1 is 1.07 bits per heavy atom. The van der Waals surface area contributed by atoms with E-state index in [9.17, 15) is 22.4 Å². The Labute approximate surface area is 175 Å². The summed E-state index contributed by atoms with van der Waals surface area (Å²) in [6.45, 7) is 4.18. The van der Waals surface area contributed by atoms with Crippen molar-refractivity contribution in [3.8, 4) is 0 Å². The van der Waals surface area contributed by atoms with Gasteiger partial charge < -0.3 is 10.2 Å². The standard InChI is InChI=1S/C21H24FN3O4S/c1-14-3-8-19(30(28,29)24-18-6-4-16(22)5-7-18)13-20(14)21(27)25-11-9-17(10-12-25)23-15(2)26/h3-8,13,17,24H,9-12H2,1-2H3,(H,23,26). The average Bonchev–Trinajstić information content (AvgIpc) is 2.69. The predicted molar refractivity (Wildman–Crippen MR) is 111 cm³/mol. The van der Waals surface area contributed by atoms with Gasteiger partial charge in [-0.25, -0.2) is 12.8 Å². The largest absolute Gasteiger partial charge is 0.353 e. The van der Waals surface area contributed by atoms with Crippen molar-refractivity contribution in [2.24, 2.45) is 0 Å². The highest BCUT2D eigenvalue weighted by atomic mass is 32.2. The quantitative estimate of drug-likeness (QED) is 0.758. The summed E-state index contributed by atoms with van der Waals surface area (Å²) in [7, 11) is -3.94. The molecule has 0 unspecified atom stereocenters. The molecule has 1 aliphatic rings. The molecule has 3 rings (SSSR count). The number of nitrogens with zero attached hydrogens (tertiary/aromatic N) is 1. The van der Waals surface area contributed by atoms with Gasteiger partial charge in [0.1, 0.15) is 5.82 Å². The summed E-state index contributed by atoms with van der Waals surface area (Å²) in [5.74, 6) is -0.807. The lowest BCUT2D eigenvalue weighted by Gasteiger charge is -2.32. The van der Waals surface area contributed by atoms with E-state index in [-0.39, 0.29) is 28.4 Å². The molecule has 0 radical (unpaired) electrons. The van der Waals surface area contributed by atoms with Crippen LogP contribution in [0.15, 0.2) is 47.4 Å². The van der Waals surface area contributed by atoms with Gasteiger partial charge in [-0.05, 0) is 61.7 Å². The Kier molecular flexibility index (Phi) is 6.40. The number of rotatable bonds is 5. The zero-order valence-corrected chi connectivity index (χ0v) is 17.6. The third kappa shape index (κ3) is 5.15. The molecule has 9 heteroatoms. The van der Waals surface area contributed by atoms with Gasteiger partial charge in [0, 0.05) is 37.3 Å². The molecule has 1 saturated heterocycles. The molecule has 2 N–H and O–H groups in total. The van der Waals surface area contributed by atoms with Crippen molar-refractivity contribution in [1.82, 2.24) is 10.2 Å². The highest BCUT2D eigenvalue weighted by Gasteiger charge is 2.26. The second kappa shape index (κ2) is 8.83. The van der Waals surface area contributed by atoms with E-state index in [2.05, 4.69) is 10.0 Å². The molecule has 1 fully saturated rings. The van der Waals surface area contributed by atoms with Crippen LogP contribution in [-0.4, -0.2) is 44.3 Å². The van der Waals surface area contributed by atoms with Gasteiger partial charge >= 0.3 is 0 Å². The number of sulfonamides is 1. The SMILES string of the molecule is CC(=O)NC1CCN(C(=O)c2cc(S(=O)(=O)Nc3ccc(F)cc3)ccc2C)CC1. The van der Waals surface area contributed by atoms with Crippen LogP contribution in [0.1, 0.15) is 35.7 Å². The number of hydrogen-bond donors (Lipinski definition) is 2. The molecule has 0 atom stereocenters. The first-order chi connectivity index (χ1) is 14.2. The minimum absolute atomic E-state index is 0.0410. The van der Waals surface area contributed by atoms with Crippen LogP contribution < -0.4 is 10.0 Å². The molecule has 2 amide bonds. The molecule has 0 aromatic heterocycles. The molecular weight excluding hydrogens is 409 g/mol. The van der Waals surface area contributed by atoms with Gasteiger partial charge in [-0.3, -0.25) is 14.3 Å². The summed E-state index contributed by atoms with van der Waals surface area (Å²) in [6, 6.07) is 9.40. The molecule has 2 aromatic carbocycles. The van der Waals surface area contributed by atoms with Gasteiger partial charge in [0.2, 0.25) is 5.91 Å². The van der Waals surface area contributed by atoms with E-state index in [1.165, 1.54) is 31.2 Å². The first-order valence-corrected chi connectivity index (χ1v) is 11.1. The Morgan fingerprint density at radius 2 is 1.70 bits per heavy atom. The number of nitrogens with one attached hydrogen (secondary N) is 2. The fraction of sp³-hybridized carbons (Fsp3) is 0.333. The number of aryl methyl sites for hydroxylation is 1. The van der Waals surface area contributed by atoms with E-state index in [1.54, 1.807) is 17.9 Å². The van der Waals surface area contributed by atoms with Gasteiger partial charge in [0.25, 0.3) is 15.9 Å². The molecule has 30 heavy (non-hydrogen) atoms. The van der Waals surface area contributed by atoms with Crippen LogP contribution in [0, 0.1) is 12.7 Å². The molecule has 0 spiro atoms. The summed E-state index contributed by atoms with van der Waals surface area (Å²) in [4.78, 5) is 25.8. The second-order valence-electron chi connectivity index (χ2n) is 7.36. The number of carbonyl (C=O) groups is 2. The lowest BCUT2D eigenvalue weighted by atomic mass is 10.0. The zero-order valence-electron chi connectivity index (χ0n) is 16.8. The first-order valence-electron chi connectivity index (χ1n) is 9.61. The summed E-state index contributed by atoms with van der Waals surface area (Å²) in [5.41, 5.74) is 1.21. The number of halogens is 1. The molecular formula is C21H24FN3O4S. The summed E-state index contributed by atoms with van der Waals surface area (Å²) < 4.78 is 40.9. The maximum Gasteiger partial charge on any atom is 0.261 e. The van der Waals surface area contributed by atoms with Gasteiger partial charge in [-0.2, -0.15) is 0 Å². The third-order valence-corrected chi connectivity index (χ3v) is 6.41. The first kappa shape index (κ1) is 21.8. The minimum atomic E-state index is -3.94. The number of likely N-dealkylation sites (tertiary alicyclic amines) is 1. The van der Waals surface area contributed by atoms with Crippen LogP contribution in [0.3, 0.4) is 0 Å². The maximum atomic E-state index is 13.1. The lowest BCUT2D eigenvalue weighted by molar-refractivity contribution is -0.119. The van der Waals surface area contributed by atoms with Crippen molar-refractivity contribution in [2.45, 2.75) is 37.6 Å². The zero-order chi connectivity index (χ0) is 21.9. The average molecular weight is 434 g/mol. The molecule has 1 aliphatic heterocycles. The Morgan fingerprint density at radius 3 is 2.30 bits per heavy atom. The van der Waals surface area contributed by atoms with Crippen molar-refractivity contribution in [3.05, 3.63) is 59.4 Å². The van der Waals surface area contributed by atoms with E-state index >= 15 is 0 Å². The van der Waals surface area contributed by atoms with Crippen LogP contribution in [0.2, 0.25) is 0 Å². The molecule has 2 aromatic rings. The summed E-state index contributed by atoms with van der Waals surface area (Å²) >= 11 is 0. The van der Waals surface area contributed by atoms with Crippen molar-refractivity contribution < 1.29 is 22.4 Å². The molecule has 0 aliphatic carbocycles. The van der Waals surface area contributed by atoms with E-state index in [1.807, 2.05) is 0 Å². The molecule has 160 valence electrons. The topological polar surface area (TPSA) is 95.6 Å². The van der Waals surface area contributed by atoms with Crippen LogP contribution in [0.5, 0.6) is 0 Å². The van der Waals surface area contributed by atoms with Crippen LogP contribution in [0.4, 0.5) is 10.1 Å². The van der Waals surface area contributed by atoms with Crippen LogP contribution in [-0.2, 0) is 14.8 Å². The normalized spacial score (nSPS) is 15.0. The summed E-state index contributed by atoms with van der Waals surface area (Å²) in [5, 5.41) is 2.86. The van der Waals surface area contributed by atoms with Crippen molar-refractivity contribution in [2.75, 3.05) is 17.8 Å². The number of anilines is 1. The maximum absolute atomic E-state index is 13.1. The highest BCUT2D eigenvalue weighted by molar-refractivity contribution is 7.92. The van der Waals surface area contributed by atoms with E-state index in [4.69, 9.17) is 0 Å². The number of hydrogen-bond acceptors (Lipinski definition) is 4. The Balaban J connectivity index is 1.77. The van der Waals surface area contributed by atoms with E-state index < -0.39 is 15.8 Å². The van der Waals surface area contributed by atoms with Crippen molar-refractivity contribution in [1.29, 1.82) is 0 Å². The number of amides is 2. The highest BCUT2D eigenvalue weighted by Crippen LogP contribution is 2.22. The van der Waals surface area contributed by atoms with Gasteiger partial charge in [0.05, 0.1) is 4.90 Å². The third-order valence-electron chi connectivity index (χ3n) is 5.04. The van der Waals surface area contributed by atoms with Gasteiger partial charge in [0.15, 0.2) is 0 Å². The fourth-order valence-electron chi connectivity index (χ4n) is 3.42. The Bertz CT molecular complexity index is 1050. The smallest absolute Gasteiger partial charge is 0.261 e. The number of carbonyl (C=O) groups excluding carboxylic acids is 2. The molecule has 0 saturated carbocycles. The Hall–Kier alpha value is -2.94. The lowest BCUT2D eigenvalue weighted by Crippen LogP contribution is -2.46. The second-order valence-corrected chi connectivity index (χ2v) is 9.04. The van der Waals surface area contributed by atoms with E-state index in [0.29, 0.717) is 37.1 Å². The van der Waals surface area contributed by atoms with Crippen LogP contribution >= 0.6 is 0 Å². The number of benzene rings is 2. The van der Waals surface area contributed by atoms with E-state index in [0.717, 1.165) is 12.1 Å². The van der Waals surface area contributed by atoms with Gasteiger partial charge in [-0.15, -0.1) is 0 Å². The molecule has 1 heterocycles. The van der Waals surface area contributed by atoms with Crippen molar-refractivity contribution in [3.63, 3.8) is 0 Å². The number of piperidine rings is 1. The molecule has 0 bridgehead atoms. The molecule has 7 nitrogen and oxygen atoms in total. The summed E-state index contributed by atoms with van der Waals surface area (Å²) in [6.07, 6.45) is 1.29. The van der Waals surface area contributed by atoms with Crippen molar-refractivity contribution >= 4 is 27.5 Å². The van der Waals surface area contributed by atoms with Crippen LogP contribution in [0.25, 0.3) is 0 Å². The minimum Gasteiger partial charge on any atom is -0.353 e. The monoisotopic (exact) mass is 433 g/mol. The predicted octanol–water partition coefficient (Wildman–Crippen LogP) is 2.68.